The molecule has 92 valence electrons. The van der Waals surface area contributed by atoms with Crippen LogP contribution in [0.2, 0.25) is 0 Å². The summed E-state index contributed by atoms with van der Waals surface area (Å²) in [5.74, 6) is -0.298. The Kier molecular flexibility index (Phi) is 3.09. The summed E-state index contributed by atoms with van der Waals surface area (Å²) in [5.41, 5.74) is 1.05. The molecule has 0 aliphatic heterocycles. The summed E-state index contributed by atoms with van der Waals surface area (Å²) in [5, 5.41) is 11.9. The van der Waals surface area contributed by atoms with E-state index >= 15 is 0 Å². The third-order valence-electron chi connectivity index (χ3n) is 2.36. The second kappa shape index (κ2) is 4.70. The molecule has 3 N–H and O–H groups in total. The predicted molar refractivity (Wildman–Crippen MR) is 65.7 cm³/mol. The standard InChI is InChI=1S/C12H11N3O3/c1-7-4-8(16)2-3-9(7)15-12(18)10-5-14-11(17)6-13-10/h2-6,16H,1H3,(H,14,17)(H,15,18). The lowest BCUT2D eigenvalue weighted by atomic mass is 10.2. The number of anilines is 1. The molecule has 2 rings (SSSR count). The molecule has 1 amide bonds. The molecule has 1 aromatic heterocycles. The van der Waals surface area contributed by atoms with Crippen molar-refractivity contribution in [3.8, 4) is 5.75 Å². The Balaban J connectivity index is 2.21. The Hall–Kier alpha value is -2.63. The van der Waals surface area contributed by atoms with Gasteiger partial charge in [-0.15, -0.1) is 0 Å². The number of aryl methyl sites for hydroxylation is 1. The van der Waals surface area contributed by atoms with Crippen LogP contribution in [0.5, 0.6) is 5.75 Å². The fourth-order valence-corrected chi connectivity index (χ4v) is 1.44. The molecule has 0 saturated carbocycles. The molecule has 0 spiro atoms. The number of carbonyl (C=O) groups is 1. The zero-order chi connectivity index (χ0) is 13.1. The molecule has 0 saturated heterocycles. The van der Waals surface area contributed by atoms with E-state index < -0.39 is 5.91 Å². The van der Waals surface area contributed by atoms with Gasteiger partial charge >= 0.3 is 0 Å². The van der Waals surface area contributed by atoms with Crippen LogP contribution >= 0.6 is 0 Å². The van der Waals surface area contributed by atoms with E-state index in [2.05, 4.69) is 15.3 Å². The third kappa shape index (κ3) is 2.54. The van der Waals surface area contributed by atoms with Crippen molar-refractivity contribution in [2.45, 2.75) is 6.92 Å². The van der Waals surface area contributed by atoms with Crippen LogP contribution in [0.25, 0.3) is 0 Å². The van der Waals surface area contributed by atoms with Gasteiger partial charge in [0, 0.05) is 11.9 Å². The summed E-state index contributed by atoms with van der Waals surface area (Å²) in [6.07, 6.45) is 2.28. The van der Waals surface area contributed by atoms with Gasteiger partial charge < -0.3 is 15.4 Å². The van der Waals surface area contributed by atoms with Crippen LogP contribution in [0.3, 0.4) is 0 Å². The molecule has 1 heterocycles. The maximum Gasteiger partial charge on any atom is 0.275 e. The van der Waals surface area contributed by atoms with Crippen molar-refractivity contribution in [1.82, 2.24) is 9.97 Å². The summed E-state index contributed by atoms with van der Waals surface area (Å²) in [4.78, 5) is 28.7. The van der Waals surface area contributed by atoms with Crippen LogP contribution in [-0.2, 0) is 0 Å². The van der Waals surface area contributed by atoms with Gasteiger partial charge in [0.1, 0.15) is 11.4 Å². The van der Waals surface area contributed by atoms with Crippen LogP contribution in [-0.4, -0.2) is 21.0 Å². The summed E-state index contributed by atoms with van der Waals surface area (Å²) in [7, 11) is 0. The quantitative estimate of drug-likeness (QED) is 0.689. The number of amides is 1. The number of benzene rings is 1. The van der Waals surface area contributed by atoms with E-state index in [0.717, 1.165) is 11.8 Å². The van der Waals surface area contributed by atoms with Crippen LogP contribution < -0.4 is 10.9 Å². The molecule has 6 heteroatoms. The van der Waals surface area contributed by atoms with Gasteiger partial charge in [-0.05, 0) is 30.7 Å². The van der Waals surface area contributed by atoms with Crippen molar-refractivity contribution in [2.75, 3.05) is 5.32 Å². The van der Waals surface area contributed by atoms with E-state index in [9.17, 15) is 14.7 Å². The van der Waals surface area contributed by atoms with E-state index in [0.29, 0.717) is 5.69 Å². The van der Waals surface area contributed by atoms with E-state index in [4.69, 9.17) is 0 Å². The highest BCUT2D eigenvalue weighted by Gasteiger charge is 2.09. The van der Waals surface area contributed by atoms with E-state index in [1.165, 1.54) is 18.3 Å². The number of H-pyrrole nitrogens is 1. The topological polar surface area (TPSA) is 95.1 Å². The number of aromatic hydroxyl groups is 1. The second-order valence-corrected chi connectivity index (χ2v) is 3.75. The average Bonchev–Trinajstić information content (AvgIpc) is 2.33. The average molecular weight is 245 g/mol. The van der Waals surface area contributed by atoms with E-state index in [-0.39, 0.29) is 17.0 Å². The molecule has 18 heavy (non-hydrogen) atoms. The Morgan fingerprint density at radius 2 is 2.22 bits per heavy atom. The maximum absolute atomic E-state index is 11.8. The highest BCUT2D eigenvalue weighted by atomic mass is 16.3. The number of rotatable bonds is 2. The zero-order valence-electron chi connectivity index (χ0n) is 9.60. The monoisotopic (exact) mass is 245 g/mol. The van der Waals surface area contributed by atoms with Gasteiger partial charge in [-0.1, -0.05) is 0 Å². The summed E-state index contributed by atoms with van der Waals surface area (Å²) in [6, 6.07) is 4.60. The van der Waals surface area contributed by atoms with Crippen molar-refractivity contribution in [3.63, 3.8) is 0 Å². The highest BCUT2D eigenvalue weighted by Crippen LogP contribution is 2.20. The summed E-state index contributed by atoms with van der Waals surface area (Å²) >= 11 is 0. The minimum Gasteiger partial charge on any atom is -0.508 e. The molecule has 1 aromatic carbocycles. The van der Waals surface area contributed by atoms with Crippen molar-refractivity contribution in [2.24, 2.45) is 0 Å². The number of hydrogen-bond acceptors (Lipinski definition) is 4. The Bertz CT molecular complexity index is 629. The number of nitrogens with zero attached hydrogens (tertiary/aromatic N) is 1. The van der Waals surface area contributed by atoms with Gasteiger partial charge in [-0.2, -0.15) is 0 Å². The molecule has 0 radical (unpaired) electrons. The van der Waals surface area contributed by atoms with Crippen molar-refractivity contribution < 1.29 is 9.90 Å². The molecule has 0 aliphatic carbocycles. The molecular weight excluding hydrogens is 234 g/mol. The van der Waals surface area contributed by atoms with Crippen LogP contribution in [0.4, 0.5) is 5.69 Å². The Morgan fingerprint density at radius 1 is 1.44 bits per heavy atom. The molecule has 0 atom stereocenters. The maximum atomic E-state index is 11.8. The molecular formula is C12H11N3O3. The number of phenols is 1. The van der Waals surface area contributed by atoms with Gasteiger partial charge in [-0.3, -0.25) is 9.59 Å². The van der Waals surface area contributed by atoms with Crippen LogP contribution in [0, 0.1) is 6.92 Å². The third-order valence-corrected chi connectivity index (χ3v) is 2.36. The lowest BCUT2D eigenvalue weighted by Gasteiger charge is -2.07. The fourth-order valence-electron chi connectivity index (χ4n) is 1.44. The van der Waals surface area contributed by atoms with Gasteiger partial charge in [0.15, 0.2) is 0 Å². The van der Waals surface area contributed by atoms with Gasteiger partial charge in [0.05, 0.1) is 6.20 Å². The minimum atomic E-state index is -0.431. The van der Waals surface area contributed by atoms with Crippen molar-refractivity contribution >= 4 is 11.6 Å². The SMILES string of the molecule is Cc1cc(O)ccc1NC(=O)c1c[nH]c(=O)cn1. The highest BCUT2D eigenvalue weighted by molar-refractivity contribution is 6.03. The normalized spacial score (nSPS) is 10.1. The summed E-state index contributed by atoms with van der Waals surface area (Å²) < 4.78 is 0. The van der Waals surface area contributed by atoms with Gasteiger partial charge in [-0.25, -0.2) is 4.98 Å². The number of nitrogens with one attached hydrogen (secondary N) is 2. The molecule has 2 aromatic rings. The van der Waals surface area contributed by atoms with Crippen molar-refractivity contribution in [1.29, 1.82) is 0 Å². The van der Waals surface area contributed by atoms with Crippen molar-refractivity contribution in [3.05, 3.63) is 52.2 Å². The molecule has 0 unspecified atom stereocenters. The largest absolute Gasteiger partial charge is 0.508 e. The molecule has 0 aliphatic rings. The lowest BCUT2D eigenvalue weighted by molar-refractivity contribution is 0.102. The number of hydrogen-bond donors (Lipinski definition) is 3. The molecule has 6 nitrogen and oxygen atoms in total. The number of phenolic OH excluding ortho intramolecular Hbond substituents is 1. The number of aromatic amines is 1. The van der Waals surface area contributed by atoms with E-state index in [1.54, 1.807) is 13.0 Å². The van der Waals surface area contributed by atoms with Gasteiger partial charge in [0.2, 0.25) is 0 Å². The Morgan fingerprint density at radius 3 is 2.83 bits per heavy atom. The zero-order valence-corrected chi connectivity index (χ0v) is 9.60. The fraction of sp³-hybridized carbons (Fsp3) is 0.0833. The number of aromatic nitrogens is 2. The molecule has 0 bridgehead atoms. The van der Waals surface area contributed by atoms with Crippen LogP contribution in [0.15, 0.2) is 35.4 Å². The number of carbonyl (C=O) groups excluding carboxylic acids is 1. The van der Waals surface area contributed by atoms with Gasteiger partial charge in [0.25, 0.3) is 11.5 Å². The lowest BCUT2D eigenvalue weighted by Crippen LogP contribution is -2.17. The first-order valence-corrected chi connectivity index (χ1v) is 5.22. The molecule has 0 fully saturated rings. The Labute approximate surface area is 102 Å². The first-order chi connectivity index (χ1) is 8.56. The second-order valence-electron chi connectivity index (χ2n) is 3.75. The van der Waals surface area contributed by atoms with Crippen LogP contribution in [0.1, 0.15) is 16.1 Å². The minimum absolute atomic E-state index is 0.113. The smallest absolute Gasteiger partial charge is 0.275 e. The first-order valence-electron chi connectivity index (χ1n) is 5.22. The first kappa shape index (κ1) is 11.8. The predicted octanol–water partition coefficient (Wildman–Crippen LogP) is 1.04. The summed E-state index contributed by atoms with van der Waals surface area (Å²) in [6.45, 7) is 1.76. The van der Waals surface area contributed by atoms with E-state index in [1.807, 2.05) is 0 Å².